The Bertz CT molecular complexity index is 1380. The van der Waals surface area contributed by atoms with Crippen LogP contribution in [0, 0.1) is 5.82 Å². The lowest BCUT2D eigenvalue weighted by Crippen LogP contribution is -2.13. The third-order valence-electron chi connectivity index (χ3n) is 7.00. The van der Waals surface area contributed by atoms with E-state index >= 15 is 0 Å². The first-order chi connectivity index (χ1) is 17.9. The van der Waals surface area contributed by atoms with Gasteiger partial charge in [0.15, 0.2) is 0 Å². The monoisotopic (exact) mass is 498 g/mol. The van der Waals surface area contributed by atoms with Crippen LogP contribution in [-0.2, 0) is 12.3 Å². The van der Waals surface area contributed by atoms with Crippen molar-refractivity contribution in [1.82, 2.24) is 4.98 Å². The first kappa shape index (κ1) is 24.8. The number of pyridine rings is 1. The molecule has 0 atom stereocenters. The number of aromatic nitrogens is 1. The summed E-state index contributed by atoms with van der Waals surface area (Å²) in [5.74, 6) is -3.06. The number of alkyl halides is 2. The highest BCUT2D eigenvalue weighted by Gasteiger charge is 2.28. The number of hydrogen-bond donors (Lipinski definition) is 1. The Labute approximate surface area is 215 Å². The molecule has 0 radical (unpaired) electrons. The van der Waals surface area contributed by atoms with Gasteiger partial charge in [0.2, 0.25) is 0 Å². The lowest BCUT2D eigenvalue weighted by atomic mass is 9.88. The van der Waals surface area contributed by atoms with Crippen molar-refractivity contribution in [3.63, 3.8) is 0 Å². The molecule has 3 aromatic carbocycles. The van der Waals surface area contributed by atoms with Crippen LogP contribution in [0.15, 0.2) is 102 Å². The summed E-state index contributed by atoms with van der Waals surface area (Å²) in [6.07, 6.45) is 5.51. The minimum atomic E-state index is -2.79. The first-order valence-electron chi connectivity index (χ1n) is 12.7. The maximum absolute atomic E-state index is 14.0. The summed E-state index contributed by atoms with van der Waals surface area (Å²) in [6.45, 7) is 1.50. The zero-order chi connectivity index (χ0) is 25.8. The molecule has 5 heteroatoms. The van der Waals surface area contributed by atoms with Gasteiger partial charge < -0.3 is 5.32 Å². The summed E-state index contributed by atoms with van der Waals surface area (Å²) in [7, 11) is 0. The maximum atomic E-state index is 14.0. The Morgan fingerprint density at radius 2 is 1.54 bits per heavy atom. The van der Waals surface area contributed by atoms with Crippen LogP contribution < -0.4 is 5.32 Å². The molecule has 1 aromatic heterocycles. The van der Waals surface area contributed by atoms with E-state index in [0.29, 0.717) is 6.42 Å². The lowest BCUT2D eigenvalue weighted by Gasteiger charge is -2.24. The van der Waals surface area contributed by atoms with Gasteiger partial charge in [-0.3, -0.25) is 4.98 Å². The van der Waals surface area contributed by atoms with E-state index in [1.165, 1.54) is 31.1 Å². The average molecular weight is 499 g/mol. The predicted octanol–water partition coefficient (Wildman–Crippen LogP) is 9.15. The molecule has 1 aliphatic rings. The van der Waals surface area contributed by atoms with Crippen molar-refractivity contribution in [2.45, 2.75) is 45.0 Å². The fraction of sp³-hybridized carbons (Fsp3) is 0.219. The molecule has 5 rings (SSSR count). The minimum Gasteiger partial charge on any atom is -0.359 e. The fourth-order valence-corrected chi connectivity index (χ4v) is 4.57. The van der Waals surface area contributed by atoms with E-state index in [-0.39, 0.29) is 17.8 Å². The largest absolute Gasteiger partial charge is 0.359 e. The zero-order valence-electron chi connectivity index (χ0n) is 20.8. The molecule has 1 aliphatic carbocycles. The quantitative estimate of drug-likeness (QED) is 0.262. The number of nitrogens with one attached hydrogen (secondary N) is 1. The van der Waals surface area contributed by atoms with Crippen LogP contribution in [0.1, 0.15) is 43.7 Å². The van der Waals surface area contributed by atoms with Crippen LogP contribution in [-0.4, -0.2) is 4.98 Å². The third kappa shape index (κ3) is 5.61. The van der Waals surface area contributed by atoms with Crippen molar-refractivity contribution in [3.8, 4) is 22.4 Å². The number of rotatable bonds is 8. The average Bonchev–Trinajstić information content (AvgIpc) is 2.89. The molecule has 4 aromatic rings. The van der Waals surface area contributed by atoms with Crippen LogP contribution >= 0.6 is 0 Å². The fourth-order valence-electron chi connectivity index (χ4n) is 4.57. The summed E-state index contributed by atoms with van der Waals surface area (Å²) < 4.78 is 41.4. The topological polar surface area (TPSA) is 24.9 Å². The van der Waals surface area contributed by atoms with Gasteiger partial charge in [0.25, 0.3) is 5.92 Å². The Kier molecular flexibility index (Phi) is 7.13. The van der Waals surface area contributed by atoms with Gasteiger partial charge in [-0.15, -0.1) is 0 Å². The molecule has 1 saturated carbocycles. The van der Waals surface area contributed by atoms with Crippen LogP contribution in [0.25, 0.3) is 22.4 Å². The highest BCUT2D eigenvalue weighted by Crippen LogP contribution is 2.35. The predicted molar refractivity (Wildman–Crippen MR) is 144 cm³/mol. The summed E-state index contributed by atoms with van der Waals surface area (Å²) in [4.78, 5) is 4.60. The van der Waals surface area contributed by atoms with E-state index in [1.54, 1.807) is 42.6 Å². The Morgan fingerprint density at radius 1 is 0.865 bits per heavy atom. The minimum absolute atomic E-state index is 0.0645. The number of benzene rings is 3. The number of allylic oxidation sites excluding steroid dienone is 2. The van der Waals surface area contributed by atoms with Crippen molar-refractivity contribution in [2.75, 3.05) is 5.32 Å². The molecule has 188 valence electrons. The van der Waals surface area contributed by atoms with Gasteiger partial charge in [0, 0.05) is 47.1 Å². The highest BCUT2D eigenvalue weighted by molar-refractivity contribution is 5.81. The molecule has 0 aliphatic heterocycles. The van der Waals surface area contributed by atoms with Gasteiger partial charge in [-0.25, -0.2) is 13.2 Å². The third-order valence-corrected chi connectivity index (χ3v) is 7.00. The summed E-state index contributed by atoms with van der Waals surface area (Å²) in [5, 5.41) is 3.59. The Morgan fingerprint density at radius 3 is 2.16 bits per heavy atom. The molecule has 0 bridgehead atoms. The molecule has 0 unspecified atom stereocenters. The van der Waals surface area contributed by atoms with Crippen LogP contribution in [0.4, 0.5) is 18.9 Å². The second kappa shape index (κ2) is 10.6. The summed E-state index contributed by atoms with van der Waals surface area (Å²) in [6, 6.07) is 25.1. The van der Waals surface area contributed by atoms with E-state index in [2.05, 4.69) is 10.3 Å². The van der Waals surface area contributed by atoms with E-state index < -0.39 is 5.92 Å². The molecular weight excluding hydrogens is 469 g/mol. The summed E-state index contributed by atoms with van der Waals surface area (Å²) >= 11 is 0. The van der Waals surface area contributed by atoms with Crippen molar-refractivity contribution >= 4 is 5.69 Å². The van der Waals surface area contributed by atoms with Crippen molar-refractivity contribution < 1.29 is 13.2 Å². The molecular formula is C32H29F3N2. The number of nitrogens with zero attached hydrogens (tertiary/aromatic N) is 1. The summed E-state index contributed by atoms with van der Waals surface area (Å²) in [5.41, 5.74) is 8.21. The van der Waals surface area contributed by atoms with Gasteiger partial charge in [-0.1, -0.05) is 67.1 Å². The molecule has 0 saturated heterocycles. The number of halogens is 3. The van der Waals surface area contributed by atoms with Gasteiger partial charge in [0.05, 0.1) is 5.69 Å². The zero-order valence-corrected chi connectivity index (χ0v) is 20.8. The van der Waals surface area contributed by atoms with Crippen LogP contribution in [0.5, 0.6) is 0 Å². The van der Waals surface area contributed by atoms with E-state index in [0.717, 1.165) is 52.2 Å². The lowest BCUT2D eigenvalue weighted by molar-refractivity contribution is -0.00829. The Hall–Kier alpha value is -3.86. The highest BCUT2D eigenvalue weighted by atomic mass is 19.3. The molecule has 0 amide bonds. The van der Waals surface area contributed by atoms with Crippen LogP contribution in [0.3, 0.4) is 0 Å². The van der Waals surface area contributed by atoms with Gasteiger partial charge in [-0.05, 0) is 60.7 Å². The van der Waals surface area contributed by atoms with Gasteiger partial charge >= 0.3 is 0 Å². The molecule has 1 fully saturated rings. The normalized spacial score (nSPS) is 13.2. The van der Waals surface area contributed by atoms with Crippen LogP contribution in [0.2, 0.25) is 0 Å². The van der Waals surface area contributed by atoms with Crippen molar-refractivity contribution in [3.05, 3.63) is 119 Å². The second-order valence-electron chi connectivity index (χ2n) is 9.48. The van der Waals surface area contributed by atoms with E-state index in [9.17, 15) is 13.2 Å². The molecule has 1 N–H and O–H groups in total. The molecule has 37 heavy (non-hydrogen) atoms. The standard InChI is InChI=1S/C32H29F3N2/c1-2-32(34,35)26-14-8-22(9-15-26)21-30(24-5-3-6-24)37-28-18-12-25(13-19-28)31-29(7-4-20-36-31)23-10-16-27(33)17-11-23/h4,7-20,37H,2-3,5-6,21H2,1H3. The second-order valence-corrected chi connectivity index (χ2v) is 9.48. The first-order valence-corrected chi connectivity index (χ1v) is 12.7. The molecule has 0 spiro atoms. The smallest absolute Gasteiger partial charge is 0.273 e. The SMILES string of the molecule is CCC(F)(F)c1ccc(CC(Nc2ccc(-c3ncccc3-c3ccc(F)cc3)cc2)=C2CCC2)cc1. The van der Waals surface area contributed by atoms with E-state index in [1.807, 2.05) is 36.4 Å². The molecule has 1 heterocycles. The van der Waals surface area contributed by atoms with Gasteiger partial charge in [-0.2, -0.15) is 0 Å². The van der Waals surface area contributed by atoms with Crippen molar-refractivity contribution in [1.29, 1.82) is 0 Å². The van der Waals surface area contributed by atoms with Gasteiger partial charge in [0.1, 0.15) is 5.82 Å². The van der Waals surface area contributed by atoms with E-state index in [4.69, 9.17) is 0 Å². The number of anilines is 1. The number of hydrogen-bond acceptors (Lipinski definition) is 2. The molecule has 2 nitrogen and oxygen atoms in total. The maximum Gasteiger partial charge on any atom is 0.273 e. The van der Waals surface area contributed by atoms with Crippen molar-refractivity contribution in [2.24, 2.45) is 0 Å². The Balaban J connectivity index is 1.35.